The van der Waals surface area contributed by atoms with Gasteiger partial charge in [0.05, 0.1) is 26.4 Å². The van der Waals surface area contributed by atoms with E-state index in [1.807, 2.05) is 24.3 Å². The van der Waals surface area contributed by atoms with Gasteiger partial charge in [0.15, 0.2) is 6.61 Å². The first kappa shape index (κ1) is 20.1. The molecule has 1 fully saturated rings. The van der Waals surface area contributed by atoms with E-state index < -0.39 is 0 Å². The molecule has 0 saturated carbocycles. The predicted molar refractivity (Wildman–Crippen MR) is 103 cm³/mol. The van der Waals surface area contributed by atoms with Crippen LogP contribution in [0.2, 0.25) is 0 Å². The minimum atomic E-state index is -0.343. The summed E-state index contributed by atoms with van der Waals surface area (Å²) in [6.07, 6.45) is 0. The van der Waals surface area contributed by atoms with Gasteiger partial charge in [-0.15, -0.1) is 0 Å². The maximum Gasteiger partial charge on any atom is 0.258 e. The highest BCUT2D eigenvalue weighted by Crippen LogP contribution is 2.23. The number of rotatable bonds is 8. The summed E-state index contributed by atoms with van der Waals surface area (Å²) < 4.78 is 29.0. The maximum absolute atomic E-state index is 12.9. The van der Waals surface area contributed by atoms with Crippen molar-refractivity contribution in [2.24, 2.45) is 0 Å². The highest BCUT2D eigenvalue weighted by atomic mass is 19.1. The molecule has 1 N–H and O–H groups in total. The zero-order chi connectivity index (χ0) is 19.8. The van der Waals surface area contributed by atoms with Crippen LogP contribution in [0.1, 0.15) is 11.6 Å². The molecule has 0 radical (unpaired) electrons. The molecular weight excluding hydrogens is 363 g/mol. The summed E-state index contributed by atoms with van der Waals surface area (Å²) in [6, 6.07) is 13.5. The van der Waals surface area contributed by atoms with Gasteiger partial charge < -0.3 is 19.5 Å². The highest BCUT2D eigenvalue weighted by Gasteiger charge is 2.23. The molecule has 2 aromatic rings. The van der Waals surface area contributed by atoms with Crippen molar-refractivity contribution < 1.29 is 23.4 Å². The second-order valence-corrected chi connectivity index (χ2v) is 6.48. The molecule has 0 bridgehead atoms. The molecule has 150 valence electrons. The van der Waals surface area contributed by atoms with Crippen molar-refractivity contribution >= 4 is 5.91 Å². The Morgan fingerprint density at radius 3 is 2.39 bits per heavy atom. The number of halogens is 1. The first-order valence-electron chi connectivity index (χ1n) is 9.26. The number of methoxy groups -OCH3 is 1. The number of carbonyl (C=O) groups is 1. The minimum Gasteiger partial charge on any atom is -0.497 e. The lowest BCUT2D eigenvalue weighted by Gasteiger charge is -2.35. The van der Waals surface area contributed by atoms with Crippen LogP contribution in [0.5, 0.6) is 11.5 Å². The van der Waals surface area contributed by atoms with Gasteiger partial charge in [-0.3, -0.25) is 9.69 Å². The largest absolute Gasteiger partial charge is 0.497 e. The molecule has 1 aliphatic heterocycles. The Labute approximate surface area is 164 Å². The molecule has 7 heteroatoms. The fourth-order valence-corrected chi connectivity index (χ4v) is 3.11. The van der Waals surface area contributed by atoms with E-state index in [4.69, 9.17) is 14.2 Å². The molecule has 0 spiro atoms. The molecule has 3 rings (SSSR count). The SMILES string of the molecule is COc1ccc([C@H](CNC(=O)COc2ccc(F)cc2)N2CCOCC2)cc1. The molecule has 0 unspecified atom stereocenters. The third kappa shape index (κ3) is 5.68. The van der Waals surface area contributed by atoms with Gasteiger partial charge in [-0.1, -0.05) is 12.1 Å². The van der Waals surface area contributed by atoms with Crippen LogP contribution in [-0.4, -0.2) is 57.4 Å². The lowest BCUT2D eigenvalue weighted by Crippen LogP contribution is -2.44. The van der Waals surface area contributed by atoms with Crippen molar-refractivity contribution in [3.8, 4) is 11.5 Å². The molecule has 1 heterocycles. The summed E-state index contributed by atoms with van der Waals surface area (Å²) in [5.74, 6) is 0.679. The quantitative estimate of drug-likeness (QED) is 0.753. The summed E-state index contributed by atoms with van der Waals surface area (Å²) in [6.45, 7) is 3.29. The summed E-state index contributed by atoms with van der Waals surface area (Å²) in [5, 5.41) is 2.94. The molecular formula is C21H25FN2O4. The summed E-state index contributed by atoms with van der Waals surface area (Å²) in [7, 11) is 1.63. The number of benzene rings is 2. The van der Waals surface area contributed by atoms with Crippen LogP contribution in [0.4, 0.5) is 4.39 Å². The molecule has 6 nitrogen and oxygen atoms in total. The molecule has 1 aliphatic rings. The van der Waals surface area contributed by atoms with Crippen molar-refractivity contribution in [3.63, 3.8) is 0 Å². The first-order valence-corrected chi connectivity index (χ1v) is 9.26. The van der Waals surface area contributed by atoms with Crippen LogP contribution in [-0.2, 0) is 9.53 Å². The zero-order valence-electron chi connectivity index (χ0n) is 15.9. The molecule has 1 amide bonds. The van der Waals surface area contributed by atoms with Crippen molar-refractivity contribution in [1.29, 1.82) is 0 Å². The normalized spacial score (nSPS) is 15.6. The number of hydrogen-bond donors (Lipinski definition) is 1. The van der Waals surface area contributed by atoms with E-state index in [0.29, 0.717) is 25.5 Å². The standard InChI is InChI=1S/C21H25FN2O4/c1-26-18-6-2-16(3-7-18)20(24-10-12-27-13-11-24)14-23-21(25)15-28-19-8-4-17(22)5-9-19/h2-9,20H,10-15H2,1H3,(H,23,25)/t20-/m0/s1. The number of nitrogens with one attached hydrogen (secondary N) is 1. The Hall–Kier alpha value is -2.64. The van der Waals surface area contributed by atoms with Gasteiger partial charge in [-0.05, 0) is 42.0 Å². The Kier molecular flexibility index (Phi) is 7.22. The van der Waals surface area contributed by atoms with Gasteiger partial charge in [0.25, 0.3) is 5.91 Å². The molecule has 1 atom stereocenters. The number of carbonyl (C=O) groups excluding carboxylic acids is 1. The zero-order valence-corrected chi connectivity index (χ0v) is 15.9. The lowest BCUT2D eigenvalue weighted by molar-refractivity contribution is -0.123. The number of morpholine rings is 1. The number of hydrogen-bond acceptors (Lipinski definition) is 5. The topological polar surface area (TPSA) is 60.0 Å². The lowest BCUT2D eigenvalue weighted by atomic mass is 10.0. The van der Waals surface area contributed by atoms with Crippen LogP contribution < -0.4 is 14.8 Å². The maximum atomic E-state index is 12.9. The van der Waals surface area contributed by atoms with Gasteiger partial charge in [-0.2, -0.15) is 0 Å². The van der Waals surface area contributed by atoms with Gasteiger partial charge in [-0.25, -0.2) is 4.39 Å². The number of ether oxygens (including phenoxy) is 3. The Morgan fingerprint density at radius 2 is 1.75 bits per heavy atom. The van der Waals surface area contributed by atoms with E-state index in [-0.39, 0.29) is 24.4 Å². The van der Waals surface area contributed by atoms with Crippen LogP contribution >= 0.6 is 0 Å². The fourth-order valence-electron chi connectivity index (χ4n) is 3.11. The van der Waals surface area contributed by atoms with Crippen LogP contribution in [0, 0.1) is 5.82 Å². The van der Waals surface area contributed by atoms with Gasteiger partial charge in [0, 0.05) is 19.6 Å². The van der Waals surface area contributed by atoms with Crippen molar-refractivity contribution in [2.45, 2.75) is 6.04 Å². The Balaban J connectivity index is 1.58. The average molecular weight is 388 g/mol. The summed E-state index contributed by atoms with van der Waals surface area (Å²) in [5.41, 5.74) is 1.10. The second kappa shape index (κ2) is 10.1. The molecule has 28 heavy (non-hydrogen) atoms. The number of amides is 1. The van der Waals surface area contributed by atoms with Gasteiger partial charge in [0.1, 0.15) is 17.3 Å². The summed E-state index contributed by atoms with van der Waals surface area (Å²) >= 11 is 0. The van der Waals surface area contributed by atoms with Crippen LogP contribution in [0.3, 0.4) is 0 Å². The van der Waals surface area contributed by atoms with Crippen LogP contribution in [0.15, 0.2) is 48.5 Å². The van der Waals surface area contributed by atoms with Crippen molar-refractivity contribution in [3.05, 3.63) is 59.9 Å². The van der Waals surface area contributed by atoms with Crippen molar-refractivity contribution in [2.75, 3.05) is 46.6 Å². The Bertz CT molecular complexity index is 746. The third-order valence-electron chi connectivity index (χ3n) is 4.66. The minimum absolute atomic E-state index is 0.0320. The van der Waals surface area contributed by atoms with Gasteiger partial charge >= 0.3 is 0 Å². The second-order valence-electron chi connectivity index (χ2n) is 6.48. The highest BCUT2D eigenvalue weighted by molar-refractivity contribution is 5.77. The van der Waals surface area contributed by atoms with E-state index in [2.05, 4.69) is 10.2 Å². The predicted octanol–water partition coefficient (Wildman–Crippen LogP) is 2.40. The van der Waals surface area contributed by atoms with Gasteiger partial charge in [0.2, 0.25) is 0 Å². The monoisotopic (exact) mass is 388 g/mol. The fraction of sp³-hybridized carbons (Fsp3) is 0.381. The van der Waals surface area contributed by atoms with E-state index in [1.165, 1.54) is 24.3 Å². The molecule has 1 saturated heterocycles. The van der Waals surface area contributed by atoms with Crippen LogP contribution in [0.25, 0.3) is 0 Å². The van der Waals surface area contributed by atoms with E-state index in [9.17, 15) is 9.18 Å². The van der Waals surface area contributed by atoms with Crippen molar-refractivity contribution in [1.82, 2.24) is 10.2 Å². The summed E-state index contributed by atoms with van der Waals surface area (Å²) in [4.78, 5) is 14.5. The Morgan fingerprint density at radius 1 is 1.11 bits per heavy atom. The molecule has 0 aliphatic carbocycles. The first-order chi connectivity index (χ1) is 13.7. The third-order valence-corrected chi connectivity index (χ3v) is 4.66. The number of nitrogens with zero attached hydrogens (tertiary/aromatic N) is 1. The van der Waals surface area contributed by atoms with E-state index >= 15 is 0 Å². The smallest absolute Gasteiger partial charge is 0.258 e. The van der Waals surface area contributed by atoms with E-state index in [1.54, 1.807) is 7.11 Å². The van der Waals surface area contributed by atoms with E-state index in [0.717, 1.165) is 24.4 Å². The molecule has 0 aromatic heterocycles. The molecule has 2 aromatic carbocycles. The average Bonchev–Trinajstić information content (AvgIpc) is 2.74.